The van der Waals surface area contributed by atoms with Gasteiger partial charge in [-0.25, -0.2) is 0 Å². The highest BCUT2D eigenvalue weighted by molar-refractivity contribution is 6.03. The van der Waals surface area contributed by atoms with Crippen LogP contribution in [-0.4, -0.2) is 29.8 Å². The predicted molar refractivity (Wildman–Crippen MR) is 113 cm³/mol. The summed E-state index contributed by atoms with van der Waals surface area (Å²) in [7, 11) is 1.89. The number of carbonyl (C=O) groups excluding carboxylic acids is 2. The van der Waals surface area contributed by atoms with Crippen molar-refractivity contribution in [2.45, 2.75) is 57.4 Å². The van der Waals surface area contributed by atoms with Crippen LogP contribution in [0.4, 0.5) is 5.69 Å². The third-order valence-corrected chi connectivity index (χ3v) is 5.59. The molecule has 28 heavy (non-hydrogen) atoms. The van der Waals surface area contributed by atoms with Crippen molar-refractivity contribution in [1.29, 1.82) is 0 Å². The number of hydrogen-bond donors (Lipinski definition) is 1. The number of nitrogens with one attached hydrogen (secondary N) is 1. The molecular formula is C24H30N2O2. The molecule has 1 fully saturated rings. The maximum atomic E-state index is 13.0. The fourth-order valence-electron chi connectivity index (χ4n) is 3.91. The van der Waals surface area contributed by atoms with Crippen LogP contribution in [0, 0.1) is 0 Å². The third kappa shape index (κ3) is 5.44. The summed E-state index contributed by atoms with van der Waals surface area (Å²) in [6, 6.07) is 17.8. The molecule has 3 rings (SSSR count). The standard InChI is InChI=1S/C24H30N2O2/c1-26(20-14-6-3-7-15-20)24(28)21-16-8-9-17-22(21)25-23(27)18-10-13-19-11-4-2-5-12-19/h2,4-5,8-9,11-12,16-17,20H,3,6-7,10,13-15,18H2,1H3,(H,25,27). The van der Waals surface area contributed by atoms with E-state index in [9.17, 15) is 9.59 Å². The van der Waals surface area contributed by atoms with Crippen LogP contribution in [0.3, 0.4) is 0 Å². The molecule has 0 radical (unpaired) electrons. The molecule has 0 atom stereocenters. The third-order valence-electron chi connectivity index (χ3n) is 5.59. The van der Waals surface area contributed by atoms with Gasteiger partial charge in [0, 0.05) is 19.5 Å². The number of rotatable bonds is 7. The number of anilines is 1. The molecule has 4 nitrogen and oxygen atoms in total. The van der Waals surface area contributed by atoms with Gasteiger partial charge in [0.2, 0.25) is 5.91 Å². The van der Waals surface area contributed by atoms with Crippen LogP contribution >= 0.6 is 0 Å². The Hall–Kier alpha value is -2.62. The van der Waals surface area contributed by atoms with Crippen LogP contribution in [0.1, 0.15) is 60.9 Å². The van der Waals surface area contributed by atoms with Crippen LogP contribution in [0.25, 0.3) is 0 Å². The van der Waals surface area contributed by atoms with E-state index in [0.717, 1.165) is 25.7 Å². The second-order valence-electron chi connectivity index (χ2n) is 7.64. The highest BCUT2D eigenvalue weighted by Gasteiger charge is 2.24. The SMILES string of the molecule is CN(C(=O)c1ccccc1NC(=O)CCCc1ccccc1)C1CCCCC1. The van der Waals surface area contributed by atoms with E-state index < -0.39 is 0 Å². The highest BCUT2D eigenvalue weighted by atomic mass is 16.2. The van der Waals surface area contributed by atoms with Crippen molar-refractivity contribution in [3.8, 4) is 0 Å². The largest absolute Gasteiger partial charge is 0.339 e. The van der Waals surface area contributed by atoms with Crippen LogP contribution in [-0.2, 0) is 11.2 Å². The number of hydrogen-bond acceptors (Lipinski definition) is 2. The highest BCUT2D eigenvalue weighted by Crippen LogP contribution is 2.25. The van der Waals surface area contributed by atoms with Crippen LogP contribution in [0.15, 0.2) is 54.6 Å². The van der Waals surface area contributed by atoms with Gasteiger partial charge in [-0.15, -0.1) is 0 Å². The summed E-state index contributed by atoms with van der Waals surface area (Å²) in [6.45, 7) is 0. The van der Waals surface area contributed by atoms with E-state index in [2.05, 4.69) is 17.4 Å². The molecule has 2 aromatic rings. The predicted octanol–water partition coefficient (Wildman–Crippen LogP) is 5.05. The maximum absolute atomic E-state index is 13.0. The van der Waals surface area contributed by atoms with E-state index in [1.807, 2.05) is 48.3 Å². The lowest BCUT2D eigenvalue weighted by Crippen LogP contribution is -2.38. The van der Waals surface area contributed by atoms with Gasteiger partial charge in [-0.2, -0.15) is 0 Å². The van der Waals surface area contributed by atoms with Gasteiger partial charge in [-0.3, -0.25) is 9.59 Å². The van der Waals surface area contributed by atoms with Crippen LogP contribution in [0.5, 0.6) is 0 Å². The van der Waals surface area contributed by atoms with Gasteiger partial charge in [0.25, 0.3) is 5.91 Å². The minimum Gasteiger partial charge on any atom is -0.339 e. The number of nitrogens with zero attached hydrogens (tertiary/aromatic N) is 1. The van der Waals surface area contributed by atoms with Gasteiger partial charge >= 0.3 is 0 Å². The smallest absolute Gasteiger partial charge is 0.255 e. The average Bonchev–Trinajstić information content (AvgIpc) is 2.74. The summed E-state index contributed by atoms with van der Waals surface area (Å²) in [5, 5.41) is 2.95. The summed E-state index contributed by atoms with van der Waals surface area (Å²) >= 11 is 0. The zero-order valence-electron chi connectivity index (χ0n) is 16.7. The van der Waals surface area contributed by atoms with Crippen LogP contribution in [0.2, 0.25) is 0 Å². The molecule has 0 spiro atoms. The summed E-state index contributed by atoms with van der Waals surface area (Å²) < 4.78 is 0. The first kappa shape index (κ1) is 20.1. The Bertz CT molecular complexity index is 782. The fourth-order valence-corrected chi connectivity index (χ4v) is 3.91. The Morgan fingerprint density at radius 3 is 2.39 bits per heavy atom. The Morgan fingerprint density at radius 2 is 1.64 bits per heavy atom. The Morgan fingerprint density at radius 1 is 0.964 bits per heavy atom. The first-order valence-corrected chi connectivity index (χ1v) is 10.3. The lowest BCUT2D eigenvalue weighted by molar-refractivity contribution is -0.116. The molecular weight excluding hydrogens is 348 g/mol. The number of benzene rings is 2. The molecule has 1 saturated carbocycles. The maximum Gasteiger partial charge on any atom is 0.255 e. The summed E-state index contributed by atoms with van der Waals surface area (Å²) in [4.78, 5) is 27.3. The molecule has 4 heteroatoms. The molecule has 0 unspecified atom stereocenters. The van der Waals surface area contributed by atoms with Crippen molar-refractivity contribution < 1.29 is 9.59 Å². The van der Waals surface area contributed by atoms with E-state index in [-0.39, 0.29) is 11.8 Å². The Kier molecular flexibility index (Phi) is 7.24. The van der Waals surface area contributed by atoms with E-state index in [1.54, 1.807) is 6.07 Å². The first-order chi connectivity index (χ1) is 13.6. The second kappa shape index (κ2) is 10.1. The molecule has 2 amide bonds. The molecule has 1 aliphatic rings. The van der Waals surface area contributed by atoms with Crippen molar-refractivity contribution in [2.75, 3.05) is 12.4 Å². The topological polar surface area (TPSA) is 49.4 Å². The number of para-hydroxylation sites is 1. The van der Waals surface area contributed by atoms with Gasteiger partial charge < -0.3 is 10.2 Å². The van der Waals surface area contributed by atoms with E-state index in [4.69, 9.17) is 0 Å². The number of carbonyl (C=O) groups is 2. The van der Waals surface area contributed by atoms with E-state index in [1.165, 1.54) is 24.8 Å². The van der Waals surface area contributed by atoms with Gasteiger partial charge in [-0.1, -0.05) is 61.7 Å². The summed E-state index contributed by atoms with van der Waals surface area (Å²) in [5.74, 6) is -0.0522. The number of aryl methyl sites for hydroxylation is 1. The second-order valence-corrected chi connectivity index (χ2v) is 7.64. The molecule has 1 aliphatic carbocycles. The van der Waals surface area contributed by atoms with Gasteiger partial charge in [0.15, 0.2) is 0 Å². The fraction of sp³-hybridized carbons (Fsp3) is 0.417. The minimum atomic E-state index is -0.0449. The Labute approximate surface area is 167 Å². The molecule has 0 bridgehead atoms. The normalized spacial score (nSPS) is 14.5. The summed E-state index contributed by atoms with van der Waals surface area (Å²) in [6.07, 6.45) is 7.86. The van der Waals surface area contributed by atoms with E-state index in [0.29, 0.717) is 23.7 Å². The lowest BCUT2D eigenvalue weighted by atomic mass is 9.94. The van der Waals surface area contributed by atoms with Crippen LogP contribution < -0.4 is 5.32 Å². The van der Waals surface area contributed by atoms with Crippen molar-refractivity contribution in [1.82, 2.24) is 4.90 Å². The van der Waals surface area contributed by atoms with Gasteiger partial charge in [0.05, 0.1) is 11.3 Å². The Balaban J connectivity index is 1.58. The van der Waals surface area contributed by atoms with Gasteiger partial charge in [-0.05, 0) is 43.4 Å². The van der Waals surface area contributed by atoms with E-state index >= 15 is 0 Å². The average molecular weight is 379 g/mol. The summed E-state index contributed by atoms with van der Waals surface area (Å²) in [5.41, 5.74) is 2.42. The molecule has 0 aromatic heterocycles. The zero-order chi connectivity index (χ0) is 19.8. The number of amides is 2. The molecule has 0 saturated heterocycles. The molecule has 1 N–H and O–H groups in total. The molecule has 148 valence electrons. The quantitative estimate of drug-likeness (QED) is 0.733. The van der Waals surface area contributed by atoms with Crippen molar-refractivity contribution in [3.05, 3.63) is 65.7 Å². The zero-order valence-corrected chi connectivity index (χ0v) is 16.7. The van der Waals surface area contributed by atoms with Crippen molar-refractivity contribution in [2.24, 2.45) is 0 Å². The lowest BCUT2D eigenvalue weighted by Gasteiger charge is -2.31. The molecule has 2 aromatic carbocycles. The van der Waals surface area contributed by atoms with Crippen molar-refractivity contribution >= 4 is 17.5 Å². The molecule has 0 heterocycles. The minimum absolute atomic E-state index is 0.00733. The van der Waals surface area contributed by atoms with Gasteiger partial charge in [0.1, 0.15) is 0 Å². The van der Waals surface area contributed by atoms with Crippen molar-refractivity contribution in [3.63, 3.8) is 0 Å². The monoisotopic (exact) mass is 378 g/mol. The molecule has 0 aliphatic heterocycles. The first-order valence-electron chi connectivity index (χ1n) is 10.3.